The van der Waals surface area contributed by atoms with Crippen molar-refractivity contribution >= 4 is 29.2 Å². The highest BCUT2D eigenvalue weighted by atomic mass is 35.5. The molecule has 0 bridgehead atoms. The number of carboxylic acids is 1. The van der Waals surface area contributed by atoms with Gasteiger partial charge in [0.05, 0.1) is 16.0 Å². The zero-order chi connectivity index (χ0) is 15.6. The lowest BCUT2D eigenvalue weighted by molar-refractivity contribution is -0.126. The number of amides is 1. The number of aromatic carboxylic acids is 1. The number of nitrogens with one attached hydrogen (secondary N) is 2. The molecule has 0 aromatic heterocycles. The molecule has 1 heterocycles. The smallest absolute Gasteiger partial charge is 0.337 e. The third-order valence-corrected chi connectivity index (χ3v) is 4.53. The van der Waals surface area contributed by atoms with Gasteiger partial charge in [0.1, 0.15) is 0 Å². The van der Waals surface area contributed by atoms with Crippen LogP contribution in [0.2, 0.25) is 5.02 Å². The fraction of sp³-hybridized carbons (Fsp3) is 0.467. The Morgan fingerprint density at radius 3 is 2.67 bits per heavy atom. The summed E-state index contributed by atoms with van der Waals surface area (Å²) < 4.78 is 0. The van der Waals surface area contributed by atoms with Gasteiger partial charge in [-0.15, -0.1) is 0 Å². The molecule has 114 valence electrons. The number of benzene rings is 1. The minimum atomic E-state index is -1.11. The molecule has 21 heavy (non-hydrogen) atoms. The molecular weight excluding hydrogens is 292 g/mol. The quantitative estimate of drug-likeness (QED) is 0.799. The summed E-state index contributed by atoms with van der Waals surface area (Å²) in [6, 6.07) is 4.48. The van der Waals surface area contributed by atoms with Crippen LogP contribution in [0.3, 0.4) is 0 Å². The molecular formula is C15H19ClN2O3. The number of hydrogen-bond donors (Lipinski definition) is 3. The van der Waals surface area contributed by atoms with Gasteiger partial charge in [-0.25, -0.2) is 4.79 Å². The first-order valence-corrected chi connectivity index (χ1v) is 7.29. The molecule has 0 radical (unpaired) electrons. The fourth-order valence-corrected chi connectivity index (χ4v) is 2.88. The summed E-state index contributed by atoms with van der Waals surface area (Å²) in [5.74, 6) is -1.00. The molecule has 1 saturated heterocycles. The molecule has 5 nitrogen and oxygen atoms in total. The number of carbonyl (C=O) groups is 2. The van der Waals surface area contributed by atoms with E-state index in [2.05, 4.69) is 10.6 Å². The monoisotopic (exact) mass is 310 g/mol. The van der Waals surface area contributed by atoms with Crippen LogP contribution in [0.25, 0.3) is 0 Å². The first-order chi connectivity index (χ1) is 9.86. The minimum absolute atomic E-state index is 0.0161. The zero-order valence-corrected chi connectivity index (χ0v) is 12.8. The van der Waals surface area contributed by atoms with Crippen LogP contribution in [0.4, 0.5) is 5.69 Å². The maximum Gasteiger partial charge on any atom is 0.337 e. The van der Waals surface area contributed by atoms with Crippen molar-refractivity contribution in [3.63, 3.8) is 0 Å². The standard InChI is InChI=1S/C15H19ClN2O3/c1-9(2)15(5-6-17-8-15)14(21)18-10-3-4-12(16)11(7-10)13(19)20/h3-4,7,9,17H,5-6,8H2,1-2H3,(H,18,21)(H,19,20). The van der Waals surface area contributed by atoms with Crippen LogP contribution >= 0.6 is 11.6 Å². The largest absolute Gasteiger partial charge is 0.478 e. The maximum absolute atomic E-state index is 12.6. The van der Waals surface area contributed by atoms with E-state index in [4.69, 9.17) is 16.7 Å². The van der Waals surface area contributed by atoms with E-state index in [1.54, 1.807) is 6.07 Å². The van der Waals surface area contributed by atoms with E-state index in [1.807, 2.05) is 13.8 Å². The van der Waals surface area contributed by atoms with Gasteiger partial charge in [-0.05, 0) is 37.1 Å². The summed E-state index contributed by atoms with van der Waals surface area (Å²) in [6.07, 6.45) is 0.774. The third kappa shape index (κ3) is 3.04. The molecule has 2 rings (SSSR count). The summed E-state index contributed by atoms with van der Waals surface area (Å²) >= 11 is 5.83. The molecule has 1 atom stereocenters. The van der Waals surface area contributed by atoms with E-state index >= 15 is 0 Å². The first-order valence-electron chi connectivity index (χ1n) is 6.92. The van der Waals surface area contributed by atoms with E-state index in [0.29, 0.717) is 12.2 Å². The molecule has 0 spiro atoms. The van der Waals surface area contributed by atoms with Gasteiger partial charge in [-0.3, -0.25) is 4.79 Å². The molecule has 1 fully saturated rings. The number of carbonyl (C=O) groups excluding carboxylic acids is 1. The van der Waals surface area contributed by atoms with Gasteiger partial charge in [0.25, 0.3) is 0 Å². The Kier molecular flexibility index (Phi) is 4.54. The van der Waals surface area contributed by atoms with Crippen LogP contribution in [0.5, 0.6) is 0 Å². The molecule has 1 aliphatic heterocycles. The normalized spacial score (nSPS) is 21.5. The Morgan fingerprint density at radius 1 is 1.43 bits per heavy atom. The summed E-state index contributed by atoms with van der Waals surface area (Å²) in [6.45, 7) is 5.50. The van der Waals surface area contributed by atoms with Gasteiger partial charge in [-0.2, -0.15) is 0 Å². The highest BCUT2D eigenvalue weighted by Gasteiger charge is 2.43. The molecule has 0 saturated carbocycles. The number of anilines is 1. The van der Waals surface area contributed by atoms with Crippen LogP contribution in [-0.4, -0.2) is 30.1 Å². The number of carboxylic acid groups (broad SMARTS) is 1. The average Bonchev–Trinajstić information content (AvgIpc) is 2.91. The highest BCUT2D eigenvalue weighted by Crippen LogP contribution is 2.35. The molecule has 1 unspecified atom stereocenters. The molecule has 1 amide bonds. The van der Waals surface area contributed by atoms with Gasteiger partial charge in [0.2, 0.25) is 5.91 Å². The molecule has 3 N–H and O–H groups in total. The van der Waals surface area contributed by atoms with E-state index in [9.17, 15) is 9.59 Å². The molecule has 0 aliphatic carbocycles. The fourth-order valence-electron chi connectivity index (χ4n) is 2.68. The van der Waals surface area contributed by atoms with Gasteiger partial charge < -0.3 is 15.7 Å². The summed E-state index contributed by atoms with van der Waals surface area (Å²) in [5, 5.41) is 15.3. The van der Waals surface area contributed by atoms with Crippen LogP contribution in [-0.2, 0) is 4.79 Å². The van der Waals surface area contributed by atoms with Gasteiger partial charge in [-0.1, -0.05) is 25.4 Å². The van der Waals surface area contributed by atoms with Crippen LogP contribution in [0.15, 0.2) is 18.2 Å². The second kappa shape index (κ2) is 6.03. The Labute approximate surface area is 128 Å². The van der Waals surface area contributed by atoms with Crippen LogP contribution < -0.4 is 10.6 Å². The highest BCUT2D eigenvalue weighted by molar-refractivity contribution is 6.33. The van der Waals surface area contributed by atoms with E-state index in [1.165, 1.54) is 12.1 Å². The Morgan fingerprint density at radius 2 is 2.14 bits per heavy atom. The Balaban J connectivity index is 2.23. The van der Waals surface area contributed by atoms with Crippen molar-refractivity contribution in [2.75, 3.05) is 18.4 Å². The van der Waals surface area contributed by atoms with Crippen LogP contribution in [0, 0.1) is 11.3 Å². The van der Waals surface area contributed by atoms with Crippen molar-refractivity contribution in [1.82, 2.24) is 5.32 Å². The Bertz CT molecular complexity index is 566. The lowest BCUT2D eigenvalue weighted by Gasteiger charge is -2.31. The maximum atomic E-state index is 12.6. The van der Waals surface area contributed by atoms with Gasteiger partial charge in [0.15, 0.2) is 0 Å². The van der Waals surface area contributed by atoms with Crippen molar-refractivity contribution < 1.29 is 14.7 Å². The summed E-state index contributed by atoms with van der Waals surface area (Å²) in [5.41, 5.74) is -0.0189. The molecule has 1 aromatic carbocycles. The predicted octanol–water partition coefficient (Wildman–Crippen LogP) is 2.61. The predicted molar refractivity (Wildman–Crippen MR) is 81.8 cm³/mol. The lowest BCUT2D eigenvalue weighted by Crippen LogP contribution is -2.42. The van der Waals surface area contributed by atoms with Gasteiger partial charge in [0, 0.05) is 12.2 Å². The van der Waals surface area contributed by atoms with E-state index < -0.39 is 11.4 Å². The molecule has 1 aromatic rings. The number of hydrogen-bond acceptors (Lipinski definition) is 3. The number of halogens is 1. The van der Waals surface area contributed by atoms with Gasteiger partial charge >= 0.3 is 5.97 Å². The van der Waals surface area contributed by atoms with E-state index in [0.717, 1.165) is 13.0 Å². The second-order valence-corrected chi connectivity index (χ2v) is 6.10. The minimum Gasteiger partial charge on any atom is -0.478 e. The second-order valence-electron chi connectivity index (χ2n) is 5.69. The van der Waals surface area contributed by atoms with E-state index in [-0.39, 0.29) is 22.4 Å². The first kappa shape index (κ1) is 15.8. The van der Waals surface area contributed by atoms with Crippen molar-refractivity contribution in [2.24, 2.45) is 11.3 Å². The van der Waals surface area contributed by atoms with Crippen LogP contribution in [0.1, 0.15) is 30.6 Å². The van der Waals surface area contributed by atoms with Crippen molar-refractivity contribution in [3.05, 3.63) is 28.8 Å². The molecule has 1 aliphatic rings. The van der Waals surface area contributed by atoms with Crippen molar-refractivity contribution in [3.8, 4) is 0 Å². The summed E-state index contributed by atoms with van der Waals surface area (Å²) in [7, 11) is 0. The lowest BCUT2D eigenvalue weighted by atomic mass is 9.75. The third-order valence-electron chi connectivity index (χ3n) is 4.20. The topological polar surface area (TPSA) is 78.4 Å². The Hall–Kier alpha value is -1.59. The molecule has 6 heteroatoms. The SMILES string of the molecule is CC(C)C1(C(=O)Nc2ccc(Cl)c(C(=O)O)c2)CCNC1. The average molecular weight is 311 g/mol. The van der Waals surface area contributed by atoms with Crippen molar-refractivity contribution in [2.45, 2.75) is 20.3 Å². The summed E-state index contributed by atoms with van der Waals surface area (Å²) in [4.78, 5) is 23.7. The van der Waals surface area contributed by atoms with Crippen molar-refractivity contribution in [1.29, 1.82) is 0 Å². The zero-order valence-electron chi connectivity index (χ0n) is 12.1. The number of rotatable bonds is 4.